The van der Waals surface area contributed by atoms with Crippen molar-refractivity contribution in [2.45, 2.75) is 37.3 Å². The molecule has 1 aliphatic rings. The molecule has 0 radical (unpaired) electrons. The molecule has 1 saturated carbocycles. The maximum absolute atomic E-state index is 12.0. The van der Waals surface area contributed by atoms with E-state index in [0.29, 0.717) is 6.54 Å². The topological polar surface area (TPSA) is 47.6 Å². The Kier molecular flexibility index (Phi) is 4.96. The summed E-state index contributed by atoms with van der Waals surface area (Å²) in [6, 6.07) is 0. The summed E-state index contributed by atoms with van der Waals surface area (Å²) in [4.78, 5) is 12.0. The first-order valence-corrected chi connectivity index (χ1v) is 5.68. The average Bonchev–Trinajstić information content (AvgIpc) is 2.35. The molecule has 4 nitrogen and oxygen atoms in total. The van der Waals surface area contributed by atoms with Crippen LogP contribution in [-0.2, 0) is 14.3 Å². The van der Waals surface area contributed by atoms with Gasteiger partial charge in [0.2, 0.25) is 0 Å². The van der Waals surface area contributed by atoms with Gasteiger partial charge in [-0.05, 0) is 12.8 Å². The number of carbonyl (C=O) groups is 1. The van der Waals surface area contributed by atoms with Crippen LogP contribution in [0.5, 0.6) is 0 Å². The van der Waals surface area contributed by atoms with Gasteiger partial charge < -0.3 is 9.47 Å². The fourth-order valence-corrected chi connectivity index (χ4v) is 2.40. The van der Waals surface area contributed by atoms with E-state index in [2.05, 4.69) is 11.9 Å². The highest BCUT2D eigenvalue weighted by molar-refractivity contribution is 5.82. The molecule has 1 N–H and O–H groups in total. The van der Waals surface area contributed by atoms with E-state index < -0.39 is 5.54 Å². The van der Waals surface area contributed by atoms with Crippen LogP contribution in [-0.4, -0.2) is 38.4 Å². The summed E-state index contributed by atoms with van der Waals surface area (Å²) in [5.41, 5.74) is -0.698. The summed E-state index contributed by atoms with van der Waals surface area (Å²) in [5, 5.41) is 3.22. The minimum atomic E-state index is -0.698. The van der Waals surface area contributed by atoms with Crippen LogP contribution in [0.25, 0.3) is 0 Å². The number of methoxy groups -OCH3 is 2. The van der Waals surface area contributed by atoms with Gasteiger partial charge in [0.25, 0.3) is 0 Å². The van der Waals surface area contributed by atoms with Crippen LogP contribution in [0.2, 0.25) is 0 Å². The van der Waals surface area contributed by atoms with E-state index in [1.54, 1.807) is 13.2 Å². The molecule has 2 unspecified atom stereocenters. The second-order valence-electron chi connectivity index (χ2n) is 4.10. The first-order chi connectivity index (χ1) is 7.71. The lowest BCUT2D eigenvalue weighted by Gasteiger charge is -2.41. The van der Waals surface area contributed by atoms with Crippen molar-refractivity contribution in [1.29, 1.82) is 0 Å². The molecule has 16 heavy (non-hydrogen) atoms. The molecule has 0 aromatic carbocycles. The van der Waals surface area contributed by atoms with E-state index in [1.807, 2.05) is 0 Å². The Morgan fingerprint density at radius 2 is 2.31 bits per heavy atom. The molecule has 0 bridgehead atoms. The van der Waals surface area contributed by atoms with Crippen LogP contribution in [0.1, 0.15) is 25.7 Å². The molecule has 1 fully saturated rings. The van der Waals surface area contributed by atoms with Crippen molar-refractivity contribution in [1.82, 2.24) is 5.32 Å². The highest BCUT2D eigenvalue weighted by Gasteiger charge is 2.48. The summed E-state index contributed by atoms with van der Waals surface area (Å²) >= 11 is 0. The number of ether oxygens (including phenoxy) is 2. The monoisotopic (exact) mass is 227 g/mol. The molecule has 1 aliphatic carbocycles. The lowest BCUT2D eigenvalue weighted by molar-refractivity contribution is -0.158. The predicted octanol–water partition coefficient (Wildman–Crippen LogP) is 1.26. The molecule has 0 amide bonds. The molecule has 1 rings (SSSR count). The zero-order valence-corrected chi connectivity index (χ0v) is 10.1. The van der Waals surface area contributed by atoms with Crippen molar-refractivity contribution in [3.8, 4) is 0 Å². The van der Waals surface area contributed by atoms with Crippen LogP contribution in [0, 0.1) is 0 Å². The minimum Gasteiger partial charge on any atom is -0.468 e. The highest BCUT2D eigenvalue weighted by Crippen LogP contribution is 2.31. The molecule has 4 heteroatoms. The summed E-state index contributed by atoms with van der Waals surface area (Å²) < 4.78 is 10.3. The molecule has 92 valence electrons. The Hall–Kier alpha value is -0.870. The van der Waals surface area contributed by atoms with Gasteiger partial charge in [0.05, 0.1) is 13.2 Å². The number of carbonyl (C=O) groups excluding carboxylic acids is 1. The molecule has 0 spiro atoms. The normalized spacial score (nSPS) is 29.8. The quantitative estimate of drug-likeness (QED) is 0.567. The van der Waals surface area contributed by atoms with E-state index in [-0.39, 0.29) is 12.1 Å². The van der Waals surface area contributed by atoms with Gasteiger partial charge in [-0.15, -0.1) is 6.58 Å². The standard InChI is InChI=1S/C12H21NO3/c1-4-9-13-12(11(14)16-3)8-6-5-7-10(12)15-2/h4,10,13H,1,5-9H2,2-3H3. The smallest absolute Gasteiger partial charge is 0.328 e. The zero-order chi connectivity index (χ0) is 12.0. The third kappa shape index (κ3) is 2.44. The molecule has 0 aromatic rings. The Balaban J connectivity index is 2.88. The first-order valence-electron chi connectivity index (χ1n) is 5.68. The van der Waals surface area contributed by atoms with Crippen molar-refractivity contribution in [3.63, 3.8) is 0 Å². The van der Waals surface area contributed by atoms with Crippen LogP contribution in [0.3, 0.4) is 0 Å². The Morgan fingerprint density at radius 1 is 1.56 bits per heavy atom. The second kappa shape index (κ2) is 6.01. The number of rotatable bonds is 5. The van der Waals surface area contributed by atoms with Crippen molar-refractivity contribution in [3.05, 3.63) is 12.7 Å². The molecule has 0 aliphatic heterocycles. The number of hydrogen-bond donors (Lipinski definition) is 1. The molecule has 0 saturated heterocycles. The molecular weight excluding hydrogens is 206 g/mol. The summed E-state index contributed by atoms with van der Waals surface area (Å²) in [6.45, 7) is 4.24. The summed E-state index contributed by atoms with van der Waals surface area (Å²) in [5.74, 6) is -0.235. The minimum absolute atomic E-state index is 0.117. The average molecular weight is 227 g/mol. The van der Waals surface area contributed by atoms with Crippen molar-refractivity contribution >= 4 is 5.97 Å². The molecular formula is C12H21NO3. The maximum atomic E-state index is 12.0. The Bertz CT molecular complexity index is 255. The van der Waals surface area contributed by atoms with Gasteiger partial charge in [-0.1, -0.05) is 18.9 Å². The largest absolute Gasteiger partial charge is 0.468 e. The number of nitrogens with one attached hydrogen (secondary N) is 1. The van der Waals surface area contributed by atoms with Gasteiger partial charge in [-0.3, -0.25) is 5.32 Å². The van der Waals surface area contributed by atoms with Gasteiger partial charge in [0, 0.05) is 13.7 Å². The van der Waals surface area contributed by atoms with Gasteiger partial charge in [0.15, 0.2) is 0 Å². The fourth-order valence-electron chi connectivity index (χ4n) is 2.40. The van der Waals surface area contributed by atoms with Gasteiger partial charge in [0.1, 0.15) is 5.54 Å². The first kappa shape index (κ1) is 13.2. The molecule has 0 heterocycles. The van der Waals surface area contributed by atoms with Crippen LogP contribution in [0.15, 0.2) is 12.7 Å². The third-order valence-electron chi connectivity index (χ3n) is 3.23. The lowest BCUT2D eigenvalue weighted by Crippen LogP contribution is -2.62. The molecule has 0 aromatic heterocycles. The second-order valence-corrected chi connectivity index (χ2v) is 4.10. The van der Waals surface area contributed by atoms with E-state index >= 15 is 0 Å². The van der Waals surface area contributed by atoms with Crippen LogP contribution < -0.4 is 5.32 Å². The van der Waals surface area contributed by atoms with E-state index in [1.165, 1.54) is 7.11 Å². The summed E-state index contributed by atoms with van der Waals surface area (Å²) in [6.07, 6.45) is 5.37. The van der Waals surface area contributed by atoms with Crippen LogP contribution >= 0.6 is 0 Å². The summed E-state index contributed by atoms with van der Waals surface area (Å²) in [7, 11) is 3.06. The third-order valence-corrected chi connectivity index (χ3v) is 3.23. The van der Waals surface area contributed by atoms with E-state index in [9.17, 15) is 4.79 Å². The highest BCUT2D eigenvalue weighted by atomic mass is 16.5. The lowest BCUT2D eigenvalue weighted by atomic mass is 9.79. The van der Waals surface area contributed by atoms with Gasteiger partial charge >= 0.3 is 5.97 Å². The van der Waals surface area contributed by atoms with Gasteiger partial charge in [-0.2, -0.15) is 0 Å². The van der Waals surface area contributed by atoms with E-state index in [0.717, 1.165) is 25.7 Å². The van der Waals surface area contributed by atoms with Gasteiger partial charge in [-0.25, -0.2) is 4.79 Å². The fraction of sp³-hybridized carbons (Fsp3) is 0.750. The number of esters is 1. The zero-order valence-electron chi connectivity index (χ0n) is 10.1. The molecule has 2 atom stereocenters. The number of hydrogen-bond acceptors (Lipinski definition) is 4. The SMILES string of the molecule is C=CCNC1(C(=O)OC)CCCCC1OC. The van der Waals surface area contributed by atoms with Crippen molar-refractivity contribution < 1.29 is 14.3 Å². The van der Waals surface area contributed by atoms with E-state index in [4.69, 9.17) is 9.47 Å². The predicted molar refractivity (Wildman–Crippen MR) is 62.2 cm³/mol. The Morgan fingerprint density at radius 3 is 2.88 bits per heavy atom. The van der Waals surface area contributed by atoms with Crippen LogP contribution in [0.4, 0.5) is 0 Å². The van der Waals surface area contributed by atoms with Crippen molar-refractivity contribution in [2.75, 3.05) is 20.8 Å². The Labute approximate surface area is 97.0 Å². The maximum Gasteiger partial charge on any atom is 0.328 e. The van der Waals surface area contributed by atoms with Crippen molar-refractivity contribution in [2.24, 2.45) is 0 Å².